The molecule has 202 valence electrons. The molecule has 0 aliphatic carbocycles. The standard InChI is InChI=1S/C27H21F7O4/c1-2-7-25-12-35-27(36-13-25,37-14-25)16-3-6-19(21(29)10-16)26(33,34)38-17-4-5-18(20(28)11-17)15-8-22(30)24(32)23(31)9-15/h3-6,8-11H,2,7,12-14H2,1H3. The fraction of sp³-hybridized carbons (Fsp3) is 0.333. The summed E-state index contributed by atoms with van der Waals surface area (Å²) in [6.07, 6.45) is -2.54. The predicted molar refractivity (Wildman–Crippen MR) is 120 cm³/mol. The molecule has 0 unspecified atom stereocenters. The molecule has 0 aromatic heterocycles. The molecule has 3 saturated heterocycles. The first-order valence-electron chi connectivity index (χ1n) is 11.7. The molecule has 3 heterocycles. The van der Waals surface area contributed by atoms with E-state index in [1.54, 1.807) is 0 Å². The lowest BCUT2D eigenvalue weighted by molar-refractivity contribution is -0.480. The molecule has 3 fully saturated rings. The highest BCUT2D eigenvalue weighted by Crippen LogP contribution is 2.47. The second-order valence-electron chi connectivity index (χ2n) is 9.38. The number of ether oxygens (including phenoxy) is 4. The highest BCUT2D eigenvalue weighted by Gasteiger charge is 2.53. The van der Waals surface area contributed by atoms with E-state index in [4.69, 9.17) is 14.2 Å². The summed E-state index contributed by atoms with van der Waals surface area (Å²) in [4.78, 5) is 0. The highest BCUT2D eigenvalue weighted by atomic mass is 19.3. The maximum Gasteiger partial charge on any atom is 0.429 e. The summed E-state index contributed by atoms with van der Waals surface area (Å²) in [7, 11) is 0. The Kier molecular flexibility index (Phi) is 6.65. The fourth-order valence-electron chi connectivity index (χ4n) is 4.64. The van der Waals surface area contributed by atoms with Gasteiger partial charge in [0.2, 0.25) is 0 Å². The van der Waals surface area contributed by atoms with Gasteiger partial charge in [0, 0.05) is 22.6 Å². The van der Waals surface area contributed by atoms with Crippen LogP contribution in [0.25, 0.3) is 11.1 Å². The van der Waals surface area contributed by atoms with Crippen molar-refractivity contribution in [3.8, 4) is 16.9 Å². The van der Waals surface area contributed by atoms with Gasteiger partial charge in [-0.1, -0.05) is 19.4 Å². The normalized spacial score (nSPS) is 23.1. The van der Waals surface area contributed by atoms with Crippen LogP contribution in [-0.2, 0) is 26.3 Å². The summed E-state index contributed by atoms with van der Waals surface area (Å²) in [6.45, 7) is 2.94. The van der Waals surface area contributed by atoms with Crippen molar-refractivity contribution in [3.63, 3.8) is 0 Å². The van der Waals surface area contributed by atoms with Crippen molar-refractivity contribution in [1.29, 1.82) is 0 Å². The van der Waals surface area contributed by atoms with Crippen molar-refractivity contribution in [2.75, 3.05) is 19.8 Å². The third kappa shape index (κ3) is 4.63. The summed E-state index contributed by atoms with van der Waals surface area (Å²) < 4.78 is 121. The third-order valence-electron chi connectivity index (χ3n) is 6.60. The van der Waals surface area contributed by atoms with Gasteiger partial charge in [-0.3, -0.25) is 0 Å². The molecule has 0 atom stereocenters. The predicted octanol–water partition coefficient (Wildman–Crippen LogP) is 7.15. The van der Waals surface area contributed by atoms with Crippen LogP contribution in [0.4, 0.5) is 30.7 Å². The maximum absolute atomic E-state index is 14.9. The Balaban J connectivity index is 1.35. The van der Waals surface area contributed by atoms with Crippen molar-refractivity contribution in [1.82, 2.24) is 0 Å². The molecule has 0 amide bonds. The van der Waals surface area contributed by atoms with Crippen molar-refractivity contribution >= 4 is 0 Å². The van der Waals surface area contributed by atoms with Crippen LogP contribution in [-0.4, -0.2) is 19.8 Å². The van der Waals surface area contributed by atoms with E-state index in [1.807, 2.05) is 6.92 Å². The van der Waals surface area contributed by atoms with E-state index in [0.29, 0.717) is 38.0 Å². The SMILES string of the molecule is CCCC12COC(c3ccc(C(F)(F)Oc4ccc(-c5cc(F)c(F)c(F)c5)c(F)c4)c(F)c3)(OC1)OC2. The molecule has 2 bridgehead atoms. The maximum atomic E-state index is 14.9. The number of fused-ring (bicyclic) bond motifs is 3. The van der Waals surface area contributed by atoms with Crippen LogP contribution in [0.15, 0.2) is 48.5 Å². The zero-order chi connectivity index (χ0) is 27.3. The highest BCUT2D eigenvalue weighted by molar-refractivity contribution is 5.65. The molecule has 38 heavy (non-hydrogen) atoms. The smallest absolute Gasteiger partial charge is 0.429 e. The lowest BCUT2D eigenvalue weighted by Gasteiger charge is -2.51. The Bertz CT molecular complexity index is 1330. The Morgan fingerprint density at radius 3 is 1.97 bits per heavy atom. The summed E-state index contributed by atoms with van der Waals surface area (Å²) in [5.74, 6) is -9.75. The summed E-state index contributed by atoms with van der Waals surface area (Å²) in [6, 6.07) is 6.22. The largest absolute Gasteiger partial charge is 0.429 e. The summed E-state index contributed by atoms with van der Waals surface area (Å²) in [5.41, 5.74) is -2.15. The molecule has 4 nitrogen and oxygen atoms in total. The van der Waals surface area contributed by atoms with Crippen LogP contribution < -0.4 is 4.74 Å². The van der Waals surface area contributed by atoms with E-state index in [9.17, 15) is 30.7 Å². The first kappa shape index (κ1) is 26.5. The summed E-state index contributed by atoms with van der Waals surface area (Å²) >= 11 is 0. The Morgan fingerprint density at radius 2 is 1.42 bits per heavy atom. The molecule has 6 rings (SSSR count). The molecule has 0 radical (unpaired) electrons. The van der Waals surface area contributed by atoms with Crippen LogP contribution in [0.3, 0.4) is 0 Å². The molecule has 0 saturated carbocycles. The van der Waals surface area contributed by atoms with Crippen LogP contribution in [0.2, 0.25) is 0 Å². The Morgan fingerprint density at radius 1 is 0.789 bits per heavy atom. The van der Waals surface area contributed by atoms with Gasteiger partial charge < -0.3 is 18.9 Å². The van der Waals surface area contributed by atoms with E-state index in [2.05, 4.69) is 4.74 Å². The zero-order valence-electron chi connectivity index (χ0n) is 19.9. The van der Waals surface area contributed by atoms with Gasteiger partial charge in [0.1, 0.15) is 17.4 Å². The lowest BCUT2D eigenvalue weighted by atomic mass is 9.83. The van der Waals surface area contributed by atoms with Gasteiger partial charge in [0.25, 0.3) is 0 Å². The molecule has 0 N–H and O–H groups in total. The first-order chi connectivity index (χ1) is 18.0. The minimum Gasteiger partial charge on any atom is -0.429 e. The van der Waals surface area contributed by atoms with Gasteiger partial charge in [0.05, 0.1) is 25.4 Å². The van der Waals surface area contributed by atoms with Crippen molar-refractivity contribution in [2.45, 2.75) is 31.8 Å². The minimum atomic E-state index is -4.24. The van der Waals surface area contributed by atoms with E-state index in [1.165, 1.54) is 0 Å². The van der Waals surface area contributed by atoms with Crippen LogP contribution in [0.1, 0.15) is 30.9 Å². The van der Waals surface area contributed by atoms with E-state index < -0.39 is 58.0 Å². The van der Waals surface area contributed by atoms with E-state index in [-0.39, 0.29) is 16.5 Å². The molecule has 3 aromatic rings. The van der Waals surface area contributed by atoms with E-state index in [0.717, 1.165) is 43.2 Å². The van der Waals surface area contributed by atoms with Crippen LogP contribution in [0.5, 0.6) is 5.75 Å². The second-order valence-corrected chi connectivity index (χ2v) is 9.38. The minimum absolute atomic E-state index is 0.0495. The van der Waals surface area contributed by atoms with Gasteiger partial charge in [-0.25, -0.2) is 22.0 Å². The third-order valence-corrected chi connectivity index (χ3v) is 6.60. The van der Waals surface area contributed by atoms with Gasteiger partial charge in [-0.15, -0.1) is 0 Å². The van der Waals surface area contributed by atoms with Crippen LogP contribution >= 0.6 is 0 Å². The summed E-state index contributed by atoms with van der Waals surface area (Å²) in [5, 5.41) is 0. The molecule has 0 spiro atoms. The Labute approximate surface area is 212 Å². The lowest BCUT2D eigenvalue weighted by Crippen LogP contribution is -2.58. The van der Waals surface area contributed by atoms with Gasteiger partial charge in [-0.05, 0) is 48.4 Å². The van der Waals surface area contributed by atoms with Gasteiger partial charge in [-0.2, -0.15) is 8.78 Å². The van der Waals surface area contributed by atoms with Gasteiger partial charge in [0.15, 0.2) is 17.5 Å². The molecule has 11 heteroatoms. The fourth-order valence-corrected chi connectivity index (χ4v) is 4.64. The second kappa shape index (κ2) is 9.55. The molecule has 3 aliphatic heterocycles. The monoisotopic (exact) mass is 542 g/mol. The number of hydrogen-bond donors (Lipinski definition) is 0. The number of halogens is 7. The number of hydrogen-bond acceptors (Lipinski definition) is 4. The number of alkyl halides is 2. The zero-order valence-corrected chi connectivity index (χ0v) is 19.9. The van der Waals surface area contributed by atoms with Crippen LogP contribution in [0, 0.1) is 34.5 Å². The van der Waals surface area contributed by atoms with E-state index >= 15 is 0 Å². The van der Waals surface area contributed by atoms with Crippen molar-refractivity contribution in [3.05, 3.63) is 88.7 Å². The molecular weight excluding hydrogens is 521 g/mol. The van der Waals surface area contributed by atoms with Crippen molar-refractivity contribution in [2.24, 2.45) is 5.41 Å². The average molecular weight is 542 g/mol. The Hall–Kier alpha value is -3.15. The van der Waals surface area contributed by atoms with Crippen molar-refractivity contribution < 1.29 is 49.7 Å². The molecule has 3 aliphatic rings. The molecule has 3 aromatic carbocycles. The average Bonchev–Trinajstić information content (AvgIpc) is 2.88. The number of benzene rings is 3. The quantitative estimate of drug-likeness (QED) is 0.235. The molecular formula is C27H21F7O4. The first-order valence-corrected chi connectivity index (χ1v) is 11.7. The van der Waals surface area contributed by atoms with Gasteiger partial charge >= 0.3 is 12.1 Å². The number of rotatable bonds is 7. The topological polar surface area (TPSA) is 36.9 Å².